The number of halogens is 3. The Morgan fingerprint density at radius 3 is 2.74 bits per heavy atom. The van der Waals surface area contributed by atoms with Gasteiger partial charge in [-0.1, -0.05) is 26.8 Å². The normalized spacial score (nSPS) is 28.9. The predicted octanol–water partition coefficient (Wildman–Crippen LogP) is 6.40. The molecule has 2 aromatic heterocycles. The van der Waals surface area contributed by atoms with Gasteiger partial charge < -0.3 is 20.1 Å². The molecule has 3 saturated heterocycles. The molecule has 0 spiro atoms. The van der Waals surface area contributed by atoms with Crippen LogP contribution in [0.3, 0.4) is 0 Å². The molecule has 4 aliphatic rings. The first-order chi connectivity index (χ1) is 22.6. The first-order valence-electron chi connectivity index (χ1n) is 16.9. The Morgan fingerprint density at radius 2 is 1.94 bits per heavy atom. The highest BCUT2D eigenvalue weighted by Gasteiger charge is 2.49. The van der Waals surface area contributed by atoms with E-state index in [9.17, 15) is 13.9 Å². The van der Waals surface area contributed by atoms with Gasteiger partial charge in [0.25, 0.3) is 0 Å². The molecule has 0 aliphatic carbocycles. The summed E-state index contributed by atoms with van der Waals surface area (Å²) in [5.74, 6) is -0.580. The summed E-state index contributed by atoms with van der Waals surface area (Å²) >= 11 is 0. The number of hydrogen-bond donors (Lipinski definition) is 2. The molecular weight excluding hydrogens is 605 g/mol. The van der Waals surface area contributed by atoms with E-state index in [2.05, 4.69) is 35.9 Å². The number of aromatic hydroxyl groups is 1. The van der Waals surface area contributed by atoms with E-state index in [1.54, 1.807) is 19.1 Å². The van der Waals surface area contributed by atoms with Crippen molar-refractivity contribution in [3.63, 3.8) is 0 Å². The van der Waals surface area contributed by atoms with Crippen molar-refractivity contribution in [1.82, 2.24) is 25.2 Å². The number of aryl methyl sites for hydroxylation is 1. The second-order valence-corrected chi connectivity index (χ2v) is 14.2. The zero-order valence-corrected chi connectivity index (χ0v) is 27.3. The number of piperazine rings is 1. The quantitative estimate of drug-likeness (QED) is 0.258. The van der Waals surface area contributed by atoms with Gasteiger partial charge in [-0.05, 0) is 73.2 Å². The summed E-state index contributed by atoms with van der Waals surface area (Å²) in [4.78, 5) is 19.2. The monoisotopic (exact) mass is 646 g/mol. The van der Waals surface area contributed by atoms with Gasteiger partial charge in [-0.25, -0.2) is 18.2 Å². The van der Waals surface area contributed by atoms with Gasteiger partial charge in [0.2, 0.25) is 0 Å². The molecule has 2 aromatic carbocycles. The summed E-state index contributed by atoms with van der Waals surface area (Å²) in [5, 5.41) is 16.0. The molecule has 8 nitrogen and oxygen atoms in total. The van der Waals surface area contributed by atoms with Crippen LogP contribution in [0, 0.1) is 24.5 Å². The number of pyridine rings is 1. The van der Waals surface area contributed by atoms with Gasteiger partial charge in [0.15, 0.2) is 5.82 Å². The maximum atomic E-state index is 17.2. The zero-order valence-electron chi connectivity index (χ0n) is 27.3. The van der Waals surface area contributed by atoms with E-state index < -0.39 is 23.3 Å². The molecule has 6 heterocycles. The summed E-state index contributed by atoms with van der Waals surface area (Å²) < 4.78 is 53.1. The smallest absolute Gasteiger partial charge is 0.319 e. The molecule has 4 aromatic rings. The Balaban J connectivity index is 1.36. The second kappa shape index (κ2) is 11.2. The molecule has 0 bridgehead atoms. The molecule has 4 aliphatic heterocycles. The highest BCUT2D eigenvalue weighted by Crippen LogP contribution is 2.47. The minimum Gasteiger partial charge on any atom is -0.508 e. The number of phenols is 1. The minimum atomic E-state index is -0.907. The van der Waals surface area contributed by atoms with Crippen molar-refractivity contribution in [3.05, 3.63) is 47.2 Å². The highest BCUT2D eigenvalue weighted by atomic mass is 19.1. The average molecular weight is 647 g/mol. The fourth-order valence-corrected chi connectivity index (χ4v) is 8.79. The fourth-order valence-electron chi connectivity index (χ4n) is 8.79. The van der Waals surface area contributed by atoms with Gasteiger partial charge in [0.05, 0.1) is 16.6 Å². The van der Waals surface area contributed by atoms with Crippen LogP contribution in [0.15, 0.2) is 24.3 Å². The minimum absolute atomic E-state index is 0.00203. The summed E-state index contributed by atoms with van der Waals surface area (Å²) in [6.07, 6.45) is 2.21. The Kier molecular flexibility index (Phi) is 7.29. The third kappa shape index (κ3) is 4.75. The number of fused-ring (bicyclic) bond motifs is 4. The number of nitrogens with zero attached hydrogens (tertiary/aromatic N) is 5. The largest absolute Gasteiger partial charge is 0.508 e. The van der Waals surface area contributed by atoms with Crippen LogP contribution in [0.4, 0.5) is 19.0 Å². The molecule has 0 unspecified atom stereocenters. The standard InChI is InChI=1S/C36H41F3N6O2/c1-5-23-16-45-27(14-40-23)18(2)19(3)31-29-33(42-35(43-34(29)45)47-17-36-9-6-10-44(36)15-22(37)13-36)30(39)32(41-31)25-12-24(46)11-21-7-8-26(38)20(4)28(21)25/h7-8,11-12,18-19,22-23,27,40,46H,5-6,9-10,13-17H2,1-4H3/t18-,19-,22+,23+,27+,36-/m0/s1. The second-order valence-electron chi connectivity index (χ2n) is 14.2. The first-order valence-corrected chi connectivity index (χ1v) is 16.9. The summed E-state index contributed by atoms with van der Waals surface area (Å²) in [6.45, 7) is 10.9. The van der Waals surface area contributed by atoms with Gasteiger partial charge in [0, 0.05) is 49.6 Å². The first kappa shape index (κ1) is 30.6. The van der Waals surface area contributed by atoms with Gasteiger partial charge in [-0.15, -0.1) is 0 Å². The molecule has 47 heavy (non-hydrogen) atoms. The molecule has 0 amide bonds. The number of phenolic OH excluding ortho intramolecular Hbond substituents is 1. The van der Waals surface area contributed by atoms with Crippen LogP contribution in [0.25, 0.3) is 32.9 Å². The number of aromatic nitrogens is 3. The number of hydrogen-bond acceptors (Lipinski definition) is 8. The van der Waals surface area contributed by atoms with E-state index in [-0.39, 0.29) is 53.5 Å². The lowest BCUT2D eigenvalue weighted by Gasteiger charge is -2.43. The maximum absolute atomic E-state index is 17.2. The Hall–Kier alpha value is -3.70. The van der Waals surface area contributed by atoms with E-state index in [4.69, 9.17) is 19.7 Å². The lowest BCUT2D eigenvalue weighted by atomic mass is 9.84. The molecule has 248 valence electrons. The molecular formula is C36H41F3N6O2. The predicted molar refractivity (Wildman–Crippen MR) is 176 cm³/mol. The number of ether oxygens (including phenoxy) is 1. The van der Waals surface area contributed by atoms with Crippen molar-refractivity contribution in [2.24, 2.45) is 5.92 Å². The van der Waals surface area contributed by atoms with Crippen molar-refractivity contribution >= 4 is 27.5 Å². The number of alkyl halides is 1. The van der Waals surface area contributed by atoms with Crippen LogP contribution in [-0.2, 0) is 0 Å². The third-order valence-electron chi connectivity index (χ3n) is 11.6. The molecule has 2 N–H and O–H groups in total. The van der Waals surface area contributed by atoms with Gasteiger partial charge in [0.1, 0.15) is 41.4 Å². The Morgan fingerprint density at radius 1 is 1.11 bits per heavy atom. The van der Waals surface area contributed by atoms with Crippen LogP contribution in [0.2, 0.25) is 0 Å². The molecule has 8 rings (SSSR count). The highest BCUT2D eigenvalue weighted by molar-refractivity contribution is 6.02. The number of benzene rings is 2. The summed E-state index contributed by atoms with van der Waals surface area (Å²) in [7, 11) is 0. The van der Waals surface area contributed by atoms with Crippen LogP contribution in [0.1, 0.15) is 63.6 Å². The van der Waals surface area contributed by atoms with Gasteiger partial charge in [-0.2, -0.15) is 9.97 Å². The fraction of sp³-hybridized carbons (Fsp3) is 0.528. The van der Waals surface area contributed by atoms with Crippen LogP contribution >= 0.6 is 0 Å². The molecule has 11 heteroatoms. The molecule has 0 radical (unpaired) electrons. The SMILES string of the molecule is CC[C@@H]1CN2c3nc(OC[C@@]45CCCN4C[C@H](F)C5)nc4c(F)c(-c5cc(O)cc6ccc(F)c(C)c56)nc(c34)[C@@H](C)[C@H](C)[C@H]2CN1. The Bertz CT molecular complexity index is 1910. The van der Waals surface area contributed by atoms with E-state index in [1.165, 1.54) is 12.1 Å². The average Bonchev–Trinajstić information content (AvgIpc) is 3.57. The van der Waals surface area contributed by atoms with Crippen LogP contribution in [-0.4, -0.2) is 81.5 Å². The van der Waals surface area contributed by atoms with Crippen molar-refractivity contribution in [1.29, 1.82) is 0 Å². The molecule has 6 atom stereocenters. The van der Waals surface area contributed by atoms with Gasteiger partial charge >= 0.3 is 6.01 Å². The number of nitrogens with one attached hydrogen (secondary N) is 1. The van der Waals surface area contributed by atoms with Crippen molar-refractivity contribution in [3.8, 4) is 23.0 Å². The van der Waals surface area contributed by atoms with Gasteiger partial charge in [-0.3, -0.25) is 4.90 Å². The summed E-state index contributed by atoms with van der Waals surface area (Å²) in [6, 6.07) is 6.25. The number of anilines is 1. The van der Waals surface area contributed by atoms with Crippen molar-refractivity contribution in [2.75, 3.05) is 37.7 Å². The topological polar surface area (TPSA) is 86.6 Å². The summed E-state index contributed by atoms with van der Waals surface area (Å²) in [5.41, 5.74) is 0.959. The Labute approximate surface area is 272 Å². The maximum Gasteiger partial charge on any atom is 0.319 e. The molecule has 0 saturated carbocycles. The van der Waals surface area contributed by atoms with E-state index in [0.717, 1.165) is 32.4 Å². The van der Waals surface area contributed by atoms with Crippen molar-refractivity contribution < 1.29 is 23.0 Å². The molecule has 3 fully saturated rings. The number of rotatable bonds is 5. The van der Waals surface area contributed by atoms with Crippen LogP contribution < -0.4 is 15.0 Å². The lowest BCUT2D eigenvalue weighted by Crippen LogP contribution is -2.59. The van der Waals surface area contributed by atoms with Crippen molar-refractivity contribution in [2.45, 2.75) is 83.1 Å². The lowest BCUT2D eigenvalue weighted by molar-refractivity contribution is 0.107. The zero-order chi connectivity index (χ0) is 32.8. The van der Waals surface area contributed by atoms with E-state index >= 15 is 4.39 Å². The third-order valence-corrected chi connectivity index (χ3v) is 11.6. The van der Waals surface area contributed by atoms with E-state index in [0.29, 0.717) is 58.3 Å². The van der Waals surface area contributed by atoms with Crippen LogP contribution in [0.5, 0.6) is 11.8 Å². The van der Waals surface area contributed by atoms with E-state index in [1.807, 2.05) is 0 Å².